The van der Waals surface area contributed by atoms with Gasteiger partial charge in [0.2, 0.25) is 0 Å². The van der Waals surface area contributed by atoms with Crippen molar-refractivity contribution in [2.24, 2.45) is 0 Å². The van der Waals surface area contributed by atoms with Gasteiger partial charge in [0.15, 0.2) is 11.5 Å². The molecule has 0 radical (unpaired) electrons. The number of furan rings is 1. The molecule has 0 N–H and O–H groups in total. The van der Waals surface area contributed by atoms with Gasteiger partial charge in [-0.3, -0.25) is 4.79 Å². The molecule has 1 heterocycles. The number of carbonyl (C=O) groups excluding carboxylic acids is 1. The molecular formula is C10H13BrO2. The van der Waals surface area contributed by atoms with Crippen LogP contribution in [0.25, 0.3) is 0 Å². The quantitative estimate of drug-likeness (QED) is 0.759. The Balaban J connectivity index is 3.02. The third kappa shape index (κ3) is 2.21. The summed E-state index contributed by atoms with van der Waals surface area (Å²) in [7, 11) is 0. The number of hydrogen-bond donors (Lipinski definition) is 0. The molecule has 0 aliphatic heterocycles. The van der Waals surface area contributed by atoms with Crippen LogP contribution >= 0.6 is 15.9 Å². The lowest BCUT2D eigenvalue weighted by atomic mass is 10.1. The molecule has 0 aromatic carbocycles. The first kappa shape index (κ1) is 10.5. The number of halogens is 1. The normalized spacial score (nSPS) is 12.9. The molecule has 0 bridgehead atoms. The minimum atomic E-state index is -0.0322. The summed E-state index contributed by atoms with van der Waals surface area (Å²) in [4.78, 5) is 11.0. The molecule has 13 heavy (non-hydrogen) atoms. The summed E-state index contributed by atoms with van der Waals surface area (Å²) < 4.78 is 6.33. The number of Topliss-reactive ketones (excluding diaryl/α,β-unsaturated/α-hetero) is 1. The maximum Gasteiger partial charge on any atom is 0.194 e. The number of hydrogen-bond acceptors (Lipinski definition) is 2. The Morgan fingerprint density at radius 1 is 1.69 bits per heavy atom. The third-order valence-electron chi connectivity index (χ3n) is 2.12. The number of carbonyl (C=O) groups is 1. The summed E-state index contributed by atoms with van der Waals surface area (Å²) in [6, 6.07) is 1.74. The van der Waals surface area contributed by atoms with Crippen LogP contribution in [-0.4, -0.2) is 5.78 Å². The standard InChI is InChI=1S/C10H13BrO2/c1-4-6(2)10-8(11)5-9(13-10)7(3)12/h5-6H,4H2,1-3H3. The number of rotatable bonds is 3. The largest absolute Gasteiger partial charge is 0.456 e. The van der Waals surface area contributed by atoms with E-state index < -0.39 is 0 Å². The molecule has 1 aromatic rings. The monoisotopic (exact) mass is 244 g/mol. The molecule has 0 saturated heterocycles. The van der Waals surface area contributed by atoms with Crippen LogP contribution in [0.4, 0.5) is 0 Å². The van der Waals surface area contributed by atoms with Gasteiger partial charge < -0.3 is 4.42 Å². The molecule has 0 saturated carbocycles. The van der Waals surface area contributed by atoms with Crippen molar-refractivity contribution in [2.75, 3.05) is 0 Å². The van der Waals surface area contributed by atoms with Gasteiger partial charge in [0.1, 0.15) is 5.76 Å². The van der Waals surface area contributed by atoms with Crippen molar-refractivity contribution in [2.45, 2.75) is 33.1 Å². The summed E-state index contributed by atoms with van der Waals surface area (Å²) >= 11 is 3.38. The minimum Gasteiger partial charge on any atom is -0.456 e. The first-order chi connectivity index (χ1) is 6.06. The Bertz CT molecular complexity index is 315. The van der Waals surface area contributed by atoms with E-state index in [0.717, 1.165) is 16.7 Å². The van der Waals surface area contributed by atoms with E-state index in [2.05, 4.69) is 29.8 Å². The summed E-state index contributed by atoms with van der Waals surface area (Å²) in [6.45, 7) is 5.67. The van der Waals surface area contributed by atoms with E-state index >= 15 is 0 Å². The predicted molar refractivity (Wildman–Crippen MR) is 55.1 cm³/mol. The highest BCUT2D eigenvalue weighted by molar-refractivity contribution is 9.10. The highest BCUT2D eigenvalue weighted by Crippen LogP contribution is 2.30. The van der Waals surface area contributed by atoms with Crippen LogP contribution < -0.4 is 0 Å². The molecule has 1 atom stereocenters. The maximum atomic E-state index is 11.0. The molecule has 0 fully saturated rings. The molecule has 1 aromatic heterocycles. The zero-order valence-corrected chi connectivity index (χ0v) is 9.64. The molecule has 1 unspecified atom stereocenters. The van der Waals surface area contributed by atoms with Gasteiger partial charge in [-0.15, -0.1) is 0 Å². The second kappa shape index (κ2) is 4.09. The summed E-state index contributed by atoms with van der Waals surface area (Å²) in [5.74, 6) is 1.62. The van der Waals surface area contributed by atoms with Crippen LogP contribution in [0.1, 0.15) is 49.4 Å². The minimum absolute atomic E-state index is 0.0322. The Labute approximate surface area is 86.4 Å². The molecule has 0 spiro atoms. The second-order valence-corrected chi connectivity index (χ2v) is 4.04. The molecule has 2 nitrogen and oxygen atoms in total. The number of ketones is 1. The van der Waals surface area contributed by atoms with Crippen LogP contribution in [0, 0.1) is 0 Å². The van der Waals surface area contributed by atoms with E-state index in [0.29, 0.717) is 11.7 Å². The second-order valence-electron chi connectivity index (χ2n) is 3.19. The fourth-order valence-electron chi connectivity index (χ4n) is 1.08. The van der Waals surface area contributed by atoms with E-state index in [-0.39, 0.29) is 5.78 Å². The van der Waals surface area contributed by atoms with Gasteiger partial charge in [0.25, 0.3) is 0 Å². The van der Waals surface area contributed by atoms with Crippen LogP contribution in [0.15, 0.2) is 15.0 Å². The lowest BCUT2D eigenvalue weighted by molar-refractivity contribution is 0.0985. The van der Waals surface area contributed by atoms with Gasteiger partial charge in [-0.2, -0.15) is 0 Å². The summed E-state index contributed by atoms with van der Waals surface area (Å²) in [5.41, 5.74) is 0. The van der Waals surface area contributed by atoms with Crippen molar-refractivity contribution in [1.82, 2.24) is 0 Å². The van der Waals surface area contributed by atoms with Crippen LogP contribution in [0.5, 0.6) is 0 Å². The van der Waals surface area contributed by atoms with Crippen LogP contribution in [0.2, 0.25) is 0 Å². The van der Waals surface area contributed by atoms with Gasteiger partial charge in [0, 0.05) is 18.9 Å². The van der Waals surface area contributed by atoms with E-state index in [9.17, 15) is 4.79 Å². The SMILES string of the molecule is CCC(C)c1oc(C(C)=O)cc1Br. The van der Waals surface area contributed by atoms with Gasteiger partial charge in [-0.25, -0.2) is 0 Å². The molecule has 0 amide bonds. The zero-order chi connectivity index (χ0) is 10.0. The van der Waals surface area contributed by atoms with E-state index in [1.165, 1.54) is 6.92 Å². The molecule has 3 heteroatoms. The van der Waals surface area contributed by atoms with Gasteiger partial charge in [0.05, 0.1) is 4.47 Å². The molecule has 1 rings (SSSR count). The third-order valence-corrected chi connectivity index (χ3v) is 2.74. The van der Waals surface area contributed by atoms with E-state index in [1.807, 2.05) is 0 Å². The average molecular weight is 245 g/mol. The molecule has 72 valence electrons. The first-order valence-corrected chi connectivity index (χ1v) is 5.15. The van der Waals surface area contributed by atoms with Crippen molar-refractivity contribution in [3.05, 3.63) is 22.1 Å². The van der Waals surface area contributed by atoms with Crippen molar-refractivity contribution >= 4 is 21.7 Å². The molecular weight excluding hydrogens is 232 g/mol. The van der Waals surface area contributed by atoms with Crippen LogP contribution in [-0.2, 0) is 0 Å². The molecule has 0 aliphatic carbocycles. The summed E-state index contributed by atoms with van der Waals surface area (Å²) in [5, 5.41) is 0. The fourth-order valence-corrected chi connectivity index (χ4v) is 1.76. The van der Waals surface area contributed by atoms with E-state index in [4.69, 9.17) is 4.42 Å². The lowest BCUT2D eigenvalue weighted by Crippen LogP contribution is -1.90. The Hall–Kier alpha value is -0.570. The molecule has 0 aliphatic rings. The predicted octanol–water partition coefficient (Wildman–Crippen LogP) is 3.76. The first-order valence-electron chi connectivity index (χ1n) is 4.36. The Morgan fingerprint density at radius 3 is 2.69 bits per heavy atom. The van der Waals surface area contributed by atoms with Gasteiger partial charge in [-0.1, -0.05) is 13.8 Å². The highest BCUT2D eigenvalue weighted by atomic mass is 79.9. The highest BCUT2D eigenvalue weighted by Gasteiger charge is 2.16. The van der Waals surface area contributed by atoms with E-state index in [1.54, 1.807) is 6.07 Å². The lowest BCUT2D eigenvalue weighted by Gasteiger charge is -2.04. The van der Waals surface area contributed by atoms with Gasteiger partial charge >= 0.3 is 0 Å². The van der Waals surface area contributed by atoms with Crippen LogP contribution in [0.3, 0.4) is 0 Å². The zero-order valence-electron chi connectivity index (χ0n) is 8.06. The fraction of sp³-hybridized carbons (Fsp3) is 0.500. The van der Waals surface area contributed by atoms with Crippen molar-refractivity contribution in [1.29, 1.82) is 0 Å². The maximum absolute atomic E-state index is 11.0. The summed E-state index contributed by atoms with van der Waals surface area (Å²) in [6.07, 6.45) is 1.00. The van der Waals surface area contributed by atoms with Gasteiger partial charge in [-0.05, 0) is 22.4 Å². The van der Waals surface area contributed by atoms with Crippen molar-refractivity contribution in [3.8, 4) is 0 Å². The smallest absolute Gasteiger partial charge is 0.194 e. The average Bonchev–Trinajstić information content (AvgIpc) is 2.46. The Kier molecular flexibility index (Phi) is 3.31. The topological polar surface area (TPSA) is 30.2 Å². The van der Waals surface area contributed by atoms with Crippen molar-refractivity contribution < 1.29 is 9.21 Å². The van der Waals surface area contributed by atoms with Crippen molar-refractivity contribution in [3.63, 3.8) is 0 Å². The Morgan fingerprint density at radius 2 is 2.31 bits per heavy atom.